The maximum atomic E-state index is 12.4. The second kappa shape index (κ2) is 9.55. The molecule has 1 N–H and O–H groups in total. The average molecular weight is 341 g/mol. The number of ketones is 1. The molecule has 7 atom stereocenters. The minimum Gasteiger partial charge on any atom is -0.462 e. The van der Waals surface area contributed by atoms with E-state index in [2.05, 4.69) is 6.92 Å². The average Bonchev–Trinajstić information content (AvgIpc) is 2.54. The molecule has 1 fully saturated rings. The highest BCUT2D eigenvalue weighted by molar-refractivity contribution is 5.80. The summed E-state index contributed by atoms with van der Waals surface area (Å²) < 4.78 is 5.69. The van der Waals surface area contributed by atoms with Crippen molar-refractivity contribution in [2.75, 3.05) is 0 Å². The van der Waals surface area contributed by atoms with Crippen molar-refractivity contribution in [1.82, 2.24) is 0 Å². The summed E-state index contributed by atoms with van der Waals surface area (Å²) in [5.41, 5.74) is 0. The first-order valence-corrected chi connectivity index (χ1v) is 9.58. The van der Waals surface area contributed by atoms with Gasteiger partial charge in [0.15, 0.2) is 0 Å². The van der Waals surface area contributed by atoms with E-state index in [1.165, 1.54) is 0 Å². The van der Waals surface area contributed by atoms with Gasteiger partial charge < -0.3 is 9.84 Å². The predicted molar refractivity (Wildman–Crippen MR) is 95.5 cm³/mol. The smallest absolute Gasteiger partial charge is 0.311 e. The van der Waals surface area contributed by atoms with Crippen LogP contribution < -0.4 is 0 Å². The molecule has 1 saturated heterocycles. The molecule has 0 radical (unpaired) electrons. The van der Waals surface area contributed by atoms with Crippen LogP contribution in [0, 0.1) is 29.6 Å². The summed E-state index contributed by atoms with van der Waals surface area (Å²) in [5, 5.41) is 10.5. The highest BCUT2D eigenvalue weighted by Crippen LogP contribution is 2.28. The number of hydrogen-bond acceptors (Lipinski definition) is 4. The van der Waals surface area contributed by atoms with Crippen molar-refractivity contribution >= 4 is 11.8 Å². The van der Waals surface area contributed by atoms with E-state index in [4.69, 9.17) is 4.74 Å². The Labute approximate surface area is 147 Å². The van der Waals surface area contributed by atoms with Crippen molar-refractivity contribution in [1.29, 1.82) is 0 Å². The van der Waals surface area contributed by atoms with Gasteiger partial charge in [0, 0.05) is 12.3 Å². The fourth-order valence-corrected chi connectivity index (χ4v) is 3.86. The first-order valence-electron chi connectivity index (χ1n) is 9.58. The Morgan fingerprint density at radius 2 is 1.67 bits per heavy atom. The number of esters is 1. The lowest BCUT2D eigenvalue weighted by Crippen LogP contribution is -2.37. The minimum absolute atomic E-state index is 0.00308. The van der Waals surface area contributed by atoms with Gasteiger partial charge in [0.1, 0.15) is 11.9 Å². The van der Waals surface area contributed by atoms with Gasteiger partial charge in [0.25, 0.3) is 0 Å². The van der Waals surface area contributed by atoms with Gasteiger partial charge in [-0.05, 0) is 50.4 Å². The molecule has 24 heavy (non-hydrogen) atoms. The molecule has 4 heteroatoms. The van der Waals surface area contributed by atoms with Gasteiger partial charge in [-0.25, -0.2) is 0 Å². The van der Waals surface area contributed by atoms with Gasteiger partial charge >= 0.3 is 5.97 Å². The molecule has 140 valence electrons. The van der Waals surface area contributed by atoms with Crippen molar-refractivity contribution in [3.8, 4) is 0 Å². The number of carbonyl (C=O) groups excluding carboxylic acids is 2. The van der Waals surface area contributed by atoms with E-state index < -0.39 is 12.0 Å². The Hall–Kier alpha value is -0.900. The van der Waals surface area contributed by atoms with Crippen LogP contribution in [-0.4, -0.2) is 29.1 Å². The summed E-state index contributed by atoms with van der Waals surface area (Å²) in [6.45, 7) is 11.9. The predicted octanol–water partition coefficient (Wildman–Crippen LogP) is 3.99. The number of Topliss-reactive ketones (excluding diaryl/α,β-unsaturated/α-hetero) is 1. The molecule has 0 aromatic carbocycles. The summed E-state index contributed by atoms with van der Waals surface area (Å²) in [7, 11) is 0. The monoisotopic (exact) mass is 340 g/mol. The van der Waals surface area contributed by atoms with E-state index >= 15 is 0 Å². The molecule has 1 heterocycles. The second-order valence-electron chi connectivity index (χ2n) is 8.10. The standard InChI is InChI=1S/C20H36O4/c1-7-18-14(4)11-13(3)17(21)9-8-12(2)10-15(5)19(22)16(6)20(23)24-18/h12-16,18-19,22H,7-11H2,1-6H3/t12-,13+,14+,15+,16+,18+,19-/m0/s1. The molecule has 1 aliphatic rings. The number of carbonyl (C=O) groups is 2. The largest absolute Gasteiger partial charge is 0.462 e. The van der Waals surface area contributed by atoms with E-state index in [1.54, 1.807) is 6.92 Å². The number of aliphatic hydroxyl groups excluding tert-OH is 1. The molecule has 0 unspecified atom stereocenters. The Balaban J connectivity index is 2.95. The summed E-state index contributed by atoms with van der Waals surface area (Å²) in [6, 6.07) is 0. The lowest BCUT2D eigenvalue weighted by molar-refractivity contribution is -0.161. The normalized spacial score (nSPS) is 40.7. The first-order chi connectivity index (χ1) is 11.2. The molecule has 4 nitrogen and oxygen atoms in total. The Bertz CT molecular complexity index is 420. The zero-order valence-electron chi connectivity index (χ0n) is 16.2. The van der Waals surface area contributed by atoms with Crippen LogP contribution in [0.15, 0.2) is 0 Å². The maximum Gasteiger partial charge on any atom is 0.311 e. The van der Waals surface area contributed by atoms with Crippen LogP contribution in [0.4, 0.5) is 0 Å². The molecule has 0 bridgehead atoms. The van der Waals surface area contributed by atoms with Crippen molar-refractivity contribution in [2.45, 2.75) is 85.9 Å². The van der Waals surface area contributed by atoms with Crippen LogP contribution in [0.1, 0.15) is 73.6 Å². The quantitative estimate of drug-likeness (QED) is 0.733. The highest BCUT2D eigenvalue weighted by Gasteiger charge is 2.32. The lowest BCUT2D eigenvalue weighted by atomic mass is 9.83. The lowest BCUT2D eigenvalue weighted by Gasteiger charge is -2.30. The fraction of sp³-hybridized carbons (Fsp3) is 0.900. The highest BCUT2D eigenvalue weighted by atomic mass is 16.5. The van der Waals surface area contributed by atoms with Gasteiger partial charge in [-0.15, -0.1) is 0 Å². The molecule has 1 aliphatic heterocycles. The SMILES string of the molecule is CC[C@H]1OC(=O)[C@H](C)[C@@H](O)[C@H](C)C[C@@H](C)CCC(=O)[C@H](C)C[C@H]1C. The van der Waals surface area contributed by atoms with Gasteiger partial charge in [-0.1, -0.05) is 34.6 Å². The Kier molecular flexibility index (Phi) is 8.41. The van der Waals surface area contributed by atoms with E-state index in [9.17, 15) is 14.7 Å². The first kappa shape index (κ1) is 21.1. The van der Waals surface area contributed by atoms with Crippen LogP contribution >= 0.6 is 0 Å². The van der Waals surface area contributed by atoms with Crippen LogP contribution in [0.5, 0.6) is 0 Å². The molecule has 0 spiro atoms. The number of ether oxygens (including phenoxy) is 1. The number of aliphatic hydroxyl groups is 1. The van der Waals surface area contributed by atoms with Crippen molar-refractivity contribution in [2.24, 2.45) is 29.6 Å². The molecular weight excluding hydrogens is 304 g/mol. The number of hydrogen-bond donors (Lipinski definition) is 1. The van der Waals surface area contributed by atoms with E-state index in [1.807, 2.05) is 27.7 Å². The van der Waals surface area contributed by atoms with E-state index in [0.29, 0.717) is 18.1 Å². The molecule has 0 aromatic rings. The zero-order chi connectivity index (χ0) is 18.4. The number of rotatable bonds is 1. The van der Waals surface area contributed by atoms with Crippen molar-refractivity contribution < 1.29 is 19.4 Å². The third-order valence-electron chi connectivity index (χ3n) is 5.70. The molecule has 0 aliphatic carbocycles. The third kappa shape index (κ3) is 5.87. The molecule has 0 amide bonds. The van der Waals surface area contributed by atoms with Gasteiger partial charge in [-0.3, -0.25) is 9.59 Å². The van der Waals surface area contributed by atoms with Crippen molar-refractivity contribution in [3.05, 3.63) is 0 Å². The van der Waals surface area contributed by atoms with E-state index in [0.717, 1.165) is 25.7 Å². The topological polar surface area (TPSA) is 63.6 Å². The molecule has 0 aromatic heterocycles. The third-order valence-corrected chi connectivity index (χ3v) is 5.70. The summed E-state index contributed by atoms with van der Waals surface area (Å²) in [4.78, 5) is 24.8. The molecular formula is C20H36O4. The summed E-state index contributed by atoms with van der Waals surface area (Å²) in [6.07, 6.45) is 2.84. The van der Waals surface area contributed by atoms with Crippen LogP contribution in [0.3, 0.4) is 0 Å². The van der Waals surface area contributed by atoms with Crippen LogP contribution in [0.25, 0.3) is 0 Å². The van der Waals surface area contributed by atoms with Gasteiger partial charge in [0.05, 0.1) is 12.0 Å². The van der Waals surface area contributed by atoms with Crippen molar-refractivity contribution in [3.63, 3.8) is 0 Å². The molecule has 1 rings (SSSR count). The Morgan fingerprint density at radius 1 is 1.04 bits per heavy atom. The van der Waals surface area contributed by atoms with Gasteiger partial charge in [0.2, 0.25) is 0 Å². The summed E-state index contributed by atoms with van der Waals surface area (Å²) in [5.74, 6) is -0.0302. The number of cyclic esters (lactones) is 1. The zero-order valence-corrected chi connectivity index (χ0v) is 16.2. The van der Waals surface area contributed by atoms with Crippen LogP contribution in [0.2, 0.25) is 0 Å². The summed E-state index contributed by atoms with van der Waals surface area (Å²) >= 11 is 0. The second-order valence-corrected chi connectivity index (χ2v) is 8.10. The Morgan fingerprint density at radius 3 is 2.25 bits per heavy atom. The minimum atomic E-state index is -0.703. The maximum absolute atomic E-state index is 12.4. The van der Waals surface area contributed by atoms with Gasteiger partial charge in [-0.2, -0.15) is 0 Å². The fourth-order valence-electron chi connectivity index (χ4n) is 3.86. The van der Waals surface area contributed by atoms with E-state index in [-0.39, 0.29) is 29.8 Å². The molecule has 0 saturated carbocycles. The van der Waals surface area contributed by atoms with Crippen LogP contribution in [-0.2, 0) is 14.3 Å².